The van der Waals surface area contributed by atoms with Gasteiger partial charge < -0.3 is 19.5 Å². The van der Waals surface area contributed by atoms with Gasteiger partial charge in [-0.1, -0.05) is 12.1 Å². The van der Waals surface area contributed by atoms with Crippen molar-refractivity contribution in [2.24, 2.45) is 0 Å². The molecule has 2 aromatic rings. The molecule has 172 valence electrons. The van der Waals surface area contributed by atoms with E-state index >= 15 is 0 Å². The third kappa shape index (κ3) is 6.20. The number of hydrogen-bond acceptors (Lipinski definition) is 5. The summed E-state index contributed by atoms with van der Waals surface area (Å²) in [5, 5.41) is 11.0. The molecule has 4 rings (SSSR count). The van der Waals surface area contributed by atoms with Crippen LogP contribution in [-0.2, 0) is 11.3 Å². The minimum absolute atomic E-state index is 0.182. The van der Waals surface area contributed by atoms with Crippen molar-refractivity contribution < 1.29 is 23.8 Å². The number of benzene rings is 2. The highest BCUT2D eigenvalue weighted by molar-refractivity contribution is 5.78. The highest BCUT2D eigenvalue weighted by Crippen LogP contribution is 2.25. The number of amides is 1. The lowest BCUT2D eigenvalue weighted by Crippen LogP contribution is -2.51. The molecule has 2 heterocycles. The summed E-state index contributed by atoms with van der Waals surface area (Å²) < 4.78 is 24.5. The number of carbonyl (C=O) groups excluding carboxylic acids is 1. The second kappa shape index (κ2) is 10.3. The van der Waals surface area contributed by atoms with Crippen LogP contribution in [0.2, 0.25) is 0 Å². The van der Waals surface area contributed by atoms with E-state index in [2.05, 4.69) is 4.90 Å². The molecule has 0 bridgehead atoms. The first-order valence-electron chi connectivity index (χ1n) is 11.3. The van der Waals surface area contributed by atoms with Crippen molar-refractivity contribution in [2.45, 2.75) is 37.8 Å². The maximum Gasteiger partial charge on any atom is 0.222 e. The Morgan fingerprint density at radius 2 is 1.69 bits per heavy atom. The number of β-amino-alcohol motifs (C(OH)–C–C–N with tert-alkyl or cyclic N) is 1. The molecule has 2 saturated heterocycles. The lowest BCUT2D eigenvalue weighted by atomic mass is 9.93. The van der Waals surface area contributed by atoms with Crippen LogP contribution in [0.3, 0.4) is 0 Å². The van der Waals surface area contributed by atoms with Gasteiger partial charge in [0.15, 0.2) is 0 Å². The Hall–Kier alpha value is -2.64. The Bertz CT molecular complexity index is 890. The minimum atomic E-state index is -0.928. The van der Waals surface area contributed by atoms with Gasteiger partial charge in [0.05, 0.1) is 6.54 Å². The smallest absolute Gasteiger partial charge is 0.222 e. The van der Waals surface area contributed by atoms with Crippen LogP contribution in [0.1, 0.15) is 31.2 Å². The van der Waals surface area contributed by atoms with Gasteiger partial charge in [0.2, 0.25) is 5.91 Å². The van der Waals surface area contributed by atoms with E-state index in [9.17, 15) is 14.3 Å². The van der Waals surface area contributed by atoms with Gasteiger partial charge in [-0.15, -0.1) is 0 Å². The summed E-state index contributed by atoms with van der Waals surface area (Å²) in [5.74, 6) is 1.26. The summed E-state index contributed by atoms with van der Waals surface area (Å²) in [5.41, 5.74) is 0.221. The average Bonchev–Trinajstić information content (AvgIpc) is 3.19. The first-order chi connectivity index (χ1) is 15.5. The van der Waals surface area contributed by atoms with E-state index < -0.39 is 5.60 Å². The van der Waals surface area contributed by atoms with Gasteiger partial charge >= 0.3 is 0 Å². The Morgan fingerprint density at radius 3 is 2.41 bits per heavy atom. The molecule has 2 fully saturated rings. The fraction of sp³-hybridized carbons (Fsp3) is 0.480. The molecule has 0 spiro atoms. The molecule has 2 aromatic carbocycles. The molecule has 0 saturated carbocycles. The van der Waals surface area contributed by atoms with Crippen molar-refractivity contribution in [3.05, 3.63) is 59.9 Å². The van der Waals surface area contributed by atoms with E-state index in [4.69, 9.17) is 9.47 Å². The standard InChI is InChI=1S/C25H31FN2O4/c26-21-6-10-23(11-7-21)32-19-25(30)12-2-13-27(18-25)17-20-4-8-22(9-5-20)31-16-15-28-14-1-3-24(28)29/h4-11,30H,1-3,12-19H2. The molecule has 32 heavy (non-hydrogen) atoms. The summed E-state index contributed by atoms with van der Waals surface area (Å²) in [4.78, 5) is 15.7. The Labute approximate surface area is 188 Å². The quantitative estimate of drug-likeness (QED) is 0.646. The maximum atomic E-state index is 13.0. The molecule has 1 N–H and O–H groups in total. The predicted molar refractivity (Wildman–Crippen MR) is 119 cm³/mol. The molecule has 1 unspecified atom stereocenters. The van der Waals surface area contributed by atoms with Crippen LogP contribution >= 0.6 is 0 Å². The number of halogens is 1. The van der Waals surface area contributed by atoms with E-state index in [0.717, 1.165) is 43.8 Å². The normalized spacial score (nSPS) is 21.7. The maximum absolute atomic E-state index is 13.0. The predicted octanol–water partition coefficient (Wildman–Crippen LogP) is 3.23. The monoisotopic (exact) mass is 442 g/mol. The van der Waals surface area contributed by atoms with Crippen LogP contribution < -0.4 is 9.47 Å². The zero-order valence-electron chi connectivity index (χ0n) is 18.3. The lowest BCUT2D eigenvalue weighted by molar-refractivity contribution is -0.128. The van der Waals surface area contributed by atoms with Crippen molar-refractivity contribution >= 4 is 5.91 Å². The fourth-order valence-electron chi connectivity index (χ4n) is 4.37. The SMILES string of the molecule is O=C1CCCN1CCOc1ccc(CN2CCCC(O)(COc3ccc(F)cc3)C2)cc1. The van der Waals surface area contributed by atoms with Gasteiger partial charge in [0.25, 0.3) is 0 Å². The first kappa shape index (κ1) is 22.6. The van der Waals surface area contributed by atoms with Crippen LogP contribution in [0.5, 0.6) is 11.5 Å². The zero-order valence-corrected chi connectivity index (χ0v) is 18.3. The summed E-state index contributed by atoms with van der Waals surface area (Å²) in [6.45, 7) is 4.32. The van der Waals surface area contributed by atoms with Crippen LogP contribution in [0.25, 0.3) is 0 Å². The summed E-state index contributed by atoms with van der Waals surface area (Å²) in [6.07, 6.45) is 3.16. The van der Waals surface area contributed by atoms with Gasteiger partial charge in [0, 0.05) is 26.1 Å². The van der Waals surface area contributed by atoms with Crippen LogP contribution in [0.15, 0.2) is 48.5 Å². The molecular formula is C25H31FN2O4. The molecule has 0 aliphatic carbocycles. The number of ether oxygens (including phenoxy) is 2. The molecule has 1 atom stereocenters. The molecule has 0 radical (unpaired) electrons. The van der Waals surface area contributed by atoms with E-state index in [1.54, 1.807) is 12.1 Å². The summed E-state index contributed by atoms with van der Waals surface area (Å²) >= 11 is 0. The number of nitrogens with zero attached hydrogens (tertiary/aromatic N) is 2. The zero-order chi connectivity index (χ0) is 22.4. The van der Waals surface area contributed by atoms with Gasteiger partial charge in [-0.3, -0.25) is 9.69 Å². The first-order valence-corrected chi connectivity index (χ1v) is 11.3. The van der Waals surface area contributed by atoms with E-state index in [0.29, 0.717) is 38.3 Å². The van der Waals surface area contributed by atoms with E-state index in [1.807, 2.05) is 29.2 Å². The number of aliphatic hydroxyl groups is 1. The topological polar surface area (TPSA) is 62.2 Å². The molecule has 6 nitrogen and oxygen atoms in total. The van der Waals surface area contributed by atoms with Crippen molar-refractivity contribution in [2.75, 3.05) is 39.4 Å². The van der Waals surface area contributed by atoms with Gasteiger partial charge in [-0.25, -0.2) is 4.39 Å². The summed E-state index contributed by atoms with van der Waals surface area (Å²) in [6, 6.07) is 13.8. The van der Waals surface area contributed by atoms with E-state index in [-0.39, 0.29) is 18.3 Å². The lowest BCUT2D eigenvalue weighted by Gasteiger charge is -2.39. The number of carbonyl (C=O) groups is 1. The number of hydrogen-bond donors (Lipinski definition) is 1. The van der Waals surface area contributed by atoms with E-state index in [1.165, 1.54) is 12.1 Å². The van der Waals surface area contributed by atoms with Gasteiger partial charge in [-0.2, -0.15) is 0 Å². The molecule has 2 aliphatic rings. The molecule has 2 aliphatic heterocycles. The minimum Gasteiger partial charge on any atom is -0.492 e. The molecule has 1 amide bonds. The average molecular weight is 443 g/mol. The number of likely N-dealkylation sites (tertiary alicyclic amines) is 2. The third-order valence-electron chi connectivity index (χ3n) is 6.09. The molecule has 0 aromatic heterocycles. The van der Waals surface area contributed by atoms with Gasteiger partial charge in [-0.05, 0) is 67.8 Å². The van der Waals surface area contributed by atoms with Crippen molar-refractivity contribution in [1.82, 2.24) is 9.80 Å². The van der Waals surface area contributed by atoms with Crippen LogP contribution in [0.4, 0.5) is 4.39 Å². The highest BCUT2D eigenvalue weighted by atomic mass is 19.1. The van der Waals surface area contributed by atoms with Crippen molar-refractivity contribution in [3.8, 4) is 11.5 Å². The second-order valence-electron chi connectivity index (χ2n) is 8.76. The molecule has 7 heteroatoms. The number of piperidine rings is 1. The Balaban J connectivity index is 1.23. The summed E-state index contributed by atoms with van der Waals surface area (Å²) in [7, 11) is 0. The largest absolute Gasteiger partial charge is 0.492 e. The Morgan fingerprint density at radius 1 is 0.969 bits per heavy atom. The van der Waals surface area contributed by atoms with Crippen LogP contribution in [0, 0.1) is 5.82 Å². The van der Waals surface area contributed by atoms with Crippen LogP contribution in [-0.4, -0.2) is 65.8 Å². The third-order valence-corrected chi connectivity index (χ3v) is 6.09. The van der Waals surface area contributed by atoms with Crippen molar-refractivity contribution in [3.63, 3.8) is 0 Å². The van der Waals surface area contributed by atoms with Crippen molar-refractivity contribution in [1.29, 1.82) is 0 Å². The Kier molecular flexibility index (Phi) is 7.27. The number of rotatable bonds is 9. The fourth-order valence-corrected chi connectivity index (χ4v) is 4.37. The second-order valence-corrected chi connectivity index (χ2v) is 8.76. The van der Waals surface area contributed by atoms with Gasteiger partial charge in [0.1, 0.15) is 36.1 Å². The molecular weight excluding hydrogens is 411 g/mol. The highest BCUT2D eigenvalue weighted by Gasteiger charge is 2.34.